The van der Waals surface area contributed by atoms with Crippen molar-refractivity contribution >= 4 is 17.5 Å². The Morgan fingerprint density at radius 3 is 2.75 bits per heavy atom. The third-order valence-electron chi connectivity index (χ3n) is 2.82. The lowest BCUT2D eigenvalue weighted by atomic mass is 9.90. The second-order valence-corrected chi connectivity index (χ2v) is 5.57. The largest absolute Gasteiger partial charge is 0.435 e. The highest BCUT2D eigenvalue weighted by Gasteiger charge is 2.18. The van der Waals surface area contributed by atoms with Gasteiger partial charge in [0.15, 0.2) is 0 Å². The van der Waals surface area contributed by atoms with Gasteiger partial charge in [-0.15, -0.1) is 11.6 Å². The summed E-state index contributed by atoms with van der Waals surface area (Å²) in [6.07, 6.45) is 0.767. The second-order valence-electron chi connectivity index (χ2n) is 5.19. The molecule has 0 saturated carbocycles. The molecule has 0 fully saturated rings. The molecule has 0 aliphatic heterocycles. The van der Waals surface area contributed by atoms with E-state index in [0.29, 0.717) is 12.4 Å². The summed E-state index contributed by atoms with van der Waals surface area (Å²) in [6.45, 7) is 1.53. The zero-order chi connectivity index (χ0) is 15.2. The average molecular weight is 306 g/mol. The minimum Gasteiger partial charge on any atom is -0.435 e. The van der Waals surface area contributed by atoms with Gasteiger partial charge in [-0.05, 0) is 30.0 Å². The van der Waals surface area contributed by atoms with Gasteiger partial charge in [0.05, 0.1) is 0 Å². The highest BCUT2D eigenvalue weighted by Crippen LogP contribution is 2.20. The summed E-state index contributed by atoms with van der Waals surface area (Å²) in [5.74, 6) is 0.153. The van der Waals surface area contributed by atoms with Gasteiger partial charge in [-0.1, -0.05) is 19.9 Å². The Morgan fingerprint density at radius 2 is 2.15 bits per heavy atom. The summed E-state index contributed by atoms with van der Waals surface area (Å²) in [5.41, 5.74) is 0.166. The first-order valence-corrected chi connectivity index (χ1v) is 6.76. The number of carbonyl (C=O) groups is 1. The minimum absolute atomic E-state index is 0.0346. The van der Waals surface area contributed by atoms with Crippen molar-refractivity contribution in [1.29, 1.82) is 0 Å². The molecule has 6 heteroatoms. The predicted octanol–water partition coefficient (Wildman–Crippen LogP) is 3.67. The van der Waals surface area contributed by atoms with Crippen LogP contribution in [0.4, 0.5) is 8.78 Å². The molecule has 20 heavy (non-hydrogen) atoms. The van der Waals surface area contributed by atoms with Gasteiger partial charge >= 0.3 is 6.61 Å². The molecule has 0 heterocycles. The van der Waals surface area contributed by atoms with Crippen LogP contribution in [-0.4, -0.2) is 24.9 Å². The summed E-state index contributed by atoms with van der Waals surface area (Å²) in [5, 5.41) is 2.76. The lowest BCUT2D eigenvalue weighted by molar-refractivity contribution is -0.0498. The van der Waals surface area contributed by atoms with Gasteiger partial charge < -0.3 is 10.1 Å². The molecule has 1 aromatic rings. The standard InChI is InChI=1S/C14H18ClF2NO2/c1-14(2,6-7-15)9-18-12(19)10-4-3-5-11(8-10)20-13(16)17/h3-5,8,13H,6-7,9H2,1-2H3,(H,18,19). The number of halogens is 3. The third kappa shape index (κ3) is 5.74. The molecule has 0 unspecified atom stereocenters. The van der Waals surface area contributed by atoms with Crippen LogP contribution in [0.2, 0.25) is 0 Å². The summed E-state index contributed by atoms with van der Waals surface area (Å²) >= 11 is 5.69. The predicted molar refractivity (Wildman–Crippen MR) is 74.5 cm³/mol. The summed E-state index contributed by atoms with van der Waals surface area (Å²) in [7, 11) is 0. The van der Waals surface area contributed by atoms with E-state index in [2.05, 4.69) is 10.1 Å². The highest BCUT2D eigenvalue weighted by molar-refractivity contribution is 6.17. The average Bonchev–Trinajstić information content (AvgIpc) is 2.35. The molecule has 112 valence electrons. The minimum atomic E-state index is -2.91. The zero-order valence-corrected chi connectivity index (χ0v) is 12.2. The summed E-state index contributed by atoms with van der Waals surface area (Å²) < 4.78 is 28.5. The van der Waals surface area contributed by atoms with E-state index in [1.807, 2.05) is 13.8 Å². The van der Waals surface area contributed by atoms with Crippen molar-refractivity contribution in [2.75, 3.05) is 12.4 Å². The molecular weight excluding hydrogens is 288 g/mol. The molecule has 0 aliphatic rings. The van der Waals surface area contributed by atoms with Gasteiger partial charge in [0.1, 0.15) is 5.75 Å². The molecule has 1 N–H and O–H groups in total. The van der Waals surface area contributed by atoms with E-state index in [0.717, 1.165) is 6.42 Å². The van der Waals surface area contributed by atoms with Crippen LogP contribution in [0, 0.1) is 5.41 Å². The Kier molecular flexibility index (Phi) is 6.20. The topological polar surface area (TPSA) is 38.3 Å². The number of ether oxygens (including phenoxy) is 1. The fourth-order valence-electron chi connectivity index (χ4n) is 1.58. The van der Waals surface area contributed by atoms with Crippen LogP contribution in [0.3, 0.4) is 0 Å². The van der Waals surface area contributed by atoms with Gasteiger partial charge in [0.25, 0.3) is 5.91 Å². The van der Waals surface area contributed by atoms with Gasteiger partial charge in [-0.3, -0.25) is 4.79 Å². The number of benzene rings is 1. The highest BCUT2D eigenvalue weighted by atomic mass is 35.5. The first-order chi connectivity index (χ1) is 9.34. The zero-order valence-electron chi connectivity index (χ0n) is 11.5. The number of carbonyl (C=O) groups excluding carboxylic acids is 1. The maximum Gasteiger partial charge on any atom is 0.387 e. The molecular formula is C14H18ClF2NO2. The van der Waals surface area contributed by atoms with E-state index in [4.69, 9.17) is 11.6 Å². The molecule has 0 saturated heterocycles. The lowest BCUT2D eigenvalue weighted by Gasteiger charge is -2.23. The number of amides is 1. The third-order valence-corrected chi connectivity index (χ3v) is 3.01. The van der Waals surface area contributed by atoms with E-state index in [9.17, 15) is 13.6 Å². The van der Waals surface area contributed by atoms with Crippen LogP contribution in [0.15, 0.2) is 24.3 Å². The van der Waals surface area contributed by atoms with Crippen molar-refractivity contribution in [3.05, 3.63) is 29.8 Å². The SMILES string of the molecule is CC(C)(CCCl)CNC(=O)c1cccc(OC(F)F)c1. The van der Waals surface area contributed by atoms with E-state index in [1.165, 1.54) is 18.2 Å². The van der Waals surface area contributed by atoms with E-state index in [1.54, 1.807) is 6.07 Å². The lowest BCUT2D eigenvalue weighted by Crippen LogP contribution is -2.34. The number of nitrogens with one attached hydrogen (secondary N) is 1. The summed E-state index contributed by atoms with van der Waals surface area (Å²) in [4.78, 5) is 11.9. The van der Waals surface area contributed by atoms with Crippen LogP contribution in [0.1, 0.15) is 30.6 Å². The fourth-order valence-corrected chi connectivity index (χ4v) is 2.09. The molecule has 0 spiro atoms. The second kappa shape index (κ2) is 7.43. The fraction of sp³-hybridized carbons (Fsp3) is 0.500. The molecule has 1 aromatic carbocycles. The molecule has 0 radical (unpaired) electrons. The molecule has 0 aromatic heterocycles. The number of hydrogen-bond acceptors (Lipinski definition) is 2. The van der Waals surface area contributed by atoms with Gasteiger partial charge in [-0.25, -0.2) is 0 Å². The van der Waals surface area contributed by atoms with Crippen LogP contribution >= 0.6 is 11.6 Å². The first kappa shape index (κ1) is 16.7. The Hall–Kier alpha value is -1.36. The molecule has 0 atom stereocenters. The van der Waals surface area contributed by atoms with Crippen LogP contribution in [0.5, 0.6) is 5.75 Å². The first-order valence-electron chi connectivity index (χ1n) is 6.23. The normalized spacial score (nSPS) is 11.5. The van der Waals surface area contributed by atoms with Crippen LogP contribution in [-0.2, 0) is 0 Å². The summed E-state index contributed by atoms with van der Waals surface area (Å²) in [6, 6.07) is 5.70. The Morgan fingerprint density at radius 1 is 1.45 bits per heavy atom. The number of rotatable bonds is 7. The smallest absolute Gasteiger partial charge is 0.387 e. The van der Waals surface area contributed by atoms with E-state index >= 15 is 0 Å². The maximum absolute atomic E-state index is 12.1. The Bertz CT molecular complexity index is 453. The van der Waals surface area contributed by atoms with Crippen molar-refractivity contribution in [2.24, 2.45) is 5.41 Å². The van der Waals surface area contributed by atoms with Gasteiger partial charge in [0, 0.05) is 18.0 Å². The van der Waals surface area contributed by atoms with Crippen molar-refractivity contribution in [3.8, 4) is 5.75 Å². The molecule has 0 aliphatic carbocycles. The molecule has 0 bridgehead atoms. The van der Waals surface area contributed by atoms with Crippen molar-refractivity contribution in [3.63, 3.8) is 0 Å². The van der Waals surface area contributed by atoms with Crippen LogP contribution in [0.25, 0.3) is 0 Å². The van der Waals surface area contributed by atoms with E-state index < -0.39 is 6.61 Å². The monoisotopic (exact) mass is 305 g/mol. The quantitative estimate of drug-likeness (QED) is 0.781. The van der Waals surface area contributed by atoms with Crippen molar-refractivity contribution < 1.29 is 18.3 Å². The Balaban J connectivity index is 2.63. The number of hydrogen-bond donors (Lipinski definition) is 1. The van der Waals surface area contributed by atoms with Crippen molar-refractivity contribution in [1.82, 2.24) is 5.32 Å². The van der Waals surface area contributed by atoms with Gasteiger partial charge in [-0.2, -0.15) is 8.78 Å². The maximum atomic E-state index is 12.1. The number of alkyl halides is 3. The van der Waals surface area contributed by atoms with Crippen LogP contribution < -0.4 is 10.1 Å². The van der Waals surface area contributed by atoms with Gasteiger partial charge in [0.2, 0.25) is 0 Å². The molecule has 3 nitrogen and oxygen atoms in total. The Labute approximate surface area is 122 Å². The molecule has 1 amide bonds. The van der Waals surface area contributed by atoms with Crippen molar-refractivity contribution in [2.45, 2.75) is 26.9 Å². The van der Waals surface area contributed by atoms with E-state index in [-0.39, 0.29) is 22.6 Å². The molecule has 1 rings (SSSR count).